The molecule has 3 nitrogen and oxygen atoms in total. The SMILES string of the molecule is CCCCC(=O)N1CCCC1c1ccc(OC)cc1. The van der Waals surface area contributed by atoms with Gasteiger partial charge in [-0.3, -0.25) is 4.79 Å². The summed E-state index contributed by atoms with van der Waals surface area (Å²) >= 11 is 0. The molecule has 1 aliphatic rings. The third kappa shape index (κ3) is 3.28. The molecule has 0 saturated carbocycles. The Morgan fingerprint density at radius 2 is 2.11 bits per heavy atom. The molecule has 1 saturated heterocycles. The van der Waals surface area contributed by atoms with Crippen molar-refractivity contribution < 1.29 is 9.53 Å². The fourth-order valence-corrected chi connectivity index (χ4v) is 2.71. The van der Waals surface area contributed by atoms with Gasteiger partial charge in [0, 0.05) is 13.0 Å². The zero-order valence-electron chi connectivity index (χ0n) is 11.9. The van der Waals surface area contributed by atoms with E-state index in [1.807, 2.05) is 12.1 Å². The Balaban J connectivity index is 2.06. The number of carbonyl (C=O) groups is 1. The van der Waals surface area contributed by atoms with Gasteiger partial charge in [-0.15, -0.1) is 0 Å². The molecule has 0 spiro atoms. The Kier molecular flexibility index (Phi) is 4.83. The van der Waals surface area contributed by atoms with Gasteiger partial charge in [0.25, 0.3) is 0 Å². The smallest absolute Gasteiger partial charge is 0.223 e. The second kappa shape index (κ2) is 6.60. The van der Waals surface area contributed by atoms with E-state index in [1.165, 1.54) is 5.56 Å². The quantitative estimate of drug-likeness (QED) is 0.811. The highest BCUT2D eigenvalue weighted by Gasteiger charge is 2.29. The van der Waals surface area contributed by atoms with Gasteiger partial charge in [0.1, 0.15) is 5.75 Å². The van der Waals surface area contributed by atoms with Gasteiger partial charge in [0.15, 0.2) is 0 Å². The standard InChI is InChI=1S/C16H23NO2/c1-3-4-7-16(18)17-12-5-6-15(17)13-8-10-14(19-2)11-9-13/h8-11,15H,3-7,12H2,1-2H3. The summed E-state index contributed by atoms with van der Waals surface area (Å²) in [5.41, 5.74) is 1.23. The van der Waals surface area contributed by atoms with Crippen LogP contribution in [0.15, 0.2) is 24.3 Å². The van der Waals surface area contributed by atoms with E-state index in [1.54, 1.807) is 7.11 Å². The van der Waals surface area contributed by atoms with Gasteiger partial charge in [-0.05, 0) is 37.0 Å². The van der Waals surface area contributed by atoms with E-state index >= 15 is 0 Å². The lowest BCUT2D eigenvalue weighted by Crippen LogP contribution is -2.30. The van der Waals surface area contributed by atoms with Crippen LogP contribution in [0.4, 0.5) is 0 Å². The van der Waals surface area contributed by atoms with Crippen LogP contribution in [0.5, 0.6) is 5.75 Å². The second-order valence-electron chi connectivity index (χ2n) is 5.12. The number of likely N-dealkylation sites (tertiary alicyclic amines) is 1. The van der Waals surface area contributed by atoms with Crippen LogP contribution in [0.3, 0.4) is 0 Å². The summed E-state index contributed by atoms with van der Waals surface area (Å²) < 4.78 is 5.18. The molecule has 0 radical (unpaired) electrons. The van der Waals surface area contributed by atoms with Crippen LogP contribution in [0.2, 0.25) is 0 Å². The van der Waals surface area contributed by atoms with Gasteiger partial charge < -0.3 is 9.64 Å². The highest BCUT2D eigenvalue weighted by molar-refractivity contribution is 5.77. The Morgan fingerprint density at radius 1 is 1.37 bits per heavy atom. The maximum atomic E-state index is 12.2. The molecule has 1 atom stereocenters. The predicted molar refractivity (Wildman–Crippen MR) is 76.2 cm³/mol. The summed E-state index contributed by atoms with van der Waals surface area (Å²) in [5, 5.41) is 0. The van der Waals surface area contributed by atoms with Crippen molar-refractivity contribution in [3.63, 3.8) is 0 Å². The van der Waals surface area contributed by atoms with Crippen LogP contribution < -0.4 is 4.74 Å². The van der Waals surface area contributed by atoms with Crippen molar-refractivity contribution in [1.82, 2.24) is 4.90 Å². The van der Waals surface area contributed by atoms with Crippen LogP contribution in [0.25, 0.3) is 0 Å². The number of unbranched alkanes of at least 4 members (excludes halogenated alkanes) is 1. The number of rotatable bonds is 5. The number of ether oxygens (including phenoxy) is 1. The van der Waals surface area contributed by atoms with Gasteiger partial charge in [-0.1, -0.05) is 25.5 Å². The van der Waals surface area contributed by atoms with Crippen molar-refractivity contribution in [3.8, 4) is 5.75 Å². The predicted octanol–water partition coefficient (Wildman–Crippen LogP) is 3.55. The molecule has 19 heavy (non-hydrogen) atoms. The van der Waals surface area contributed by atoms with Crippen molar-refractivity contribution in [1.29, 1.82) is 0 Å². The maximum Gasteiger partial charge on any atom is 0.223 e. The topological polar surface area (TPSA) is 29.5 Å². The van der Waals surface area contributed by atoms with Crippen molar-refractivity contribution in [3.05, 3.63) is 29.8 Å². The molecule has 0 bridgehead atoms. The lowest BCUT2D eigenvalue weighted by Gasteiger charge is -2.25. The Hall–Kier alpha value is -1.51. The first-order valence-electron chi connectivity index (χ1n) is 7.19. The molecular formula is C16H23NO2. The minimum atomic E-state index is 0.260. The molecule has 0 N–H and O–H groups in total. The number of hydrogen-bond acceptors (Lipinski definition) is 2. The van der Waals surface area contributed by atoms with E-state index < -0.39 is 0 Å². The summed E-state index contributed by atoms with van der Waals surface area (Å²) in [5.74, 6) is 1.17. The number of nitrogens with zero attached hydrogens (tertiary/aromatic N) is 1. The van der Waals surface area contributed by atoms with Crippen LogP contribution in [0, 0.1) is 0 Å². The van der Waals surface area contributed by atoms with Crippen molar-refractivity contribution in [2.45, 2.75) is 45.1 Å². The molecule has 1 fully saturated rings. The largest absolute Gasteiger partial charge is 0.497 e. The van der Waals surface area contributed by atoms with Gasteiger partial charge in [0.2, 0.25) is 5.91 Å². The van der Waals surface area contributed by atoms with Crippen LogP contribution in [0.1, 0.15) is 50.6 Å². The Labute approximate surface area is 115 Å². The third-order valence-corrected chi connectivity index (χ3v) is 3.82. The van der Waals surface area contributed by atoms with Gasteiger partial charge >= 0.3 is 0 Å². The summed E-state index contributed by atoms with van der Waals surface area (Å²) in [6, 6.07) is 8.37. The molecule has 0 aromatic heterocycles. The lowest BCUT2D eigenvalue weighted by atomic mass is 10.0. The van der Waals surface area contributed by atoms with E-state index in [0.29, 0.717) is 12.3 Å². The van der Waals surface area contributed by atoms with Crippen LogP contribution in [-0.2, 0) is 4.79 Å². The molecule has 2 rings (SSSR count). The molecule has 1 unspecified atom stereocenters. The first-order valence-corrected chi connectivity index (χ1v) is 7.19. The average Bonchev–Trinajstić information content (AvgIpc) is 2.94. The van der Waals surface area contributed by atoms with E-state index in [-0.39, 0.29) is 6.04 Å². The summed E-state index contributed by atoms with van der Waals surface area (Å²) in [4.78, 5) is 14.3. The summed E-state index contributed by atoms with van der Waals surface area (Å²) in [6.07, 6.45) is 4.93. The maximum absolute atomic E-state index is 12.2. The second-order valence-corrected chi connectivity index (χ2v) is 5.12. The van der Waals surface area contributed by atoms with E-state index in [0.717, 1.165) is 38.0 Å². The highest BCUT2D eigenvalue weighted by Crippen LogP contribution is 2.33. The fraction of sp³-hybridized carbons (Fsp3) is 0.562. The monoisotopic (exact) mass is 261 g/mol. The summed E-state index contributed by atoms with van der Waals surface area (Å²) in [7, 11) is 1.67. The highest BCUT2D eigenvalue weighted by atomic mass is 16.5. The van der Waals surface area contributed by atoms with E-state index in [2.05, 4.69) is 24.0 Å². The molecule has 104 valence electrons. The first kappa shape index (κ1) is 13.9. The number of methoxy groups -OCH3 is 1. The average molecular weight is 261 g/mol. The van der Waals surface area contributed by atoms with Crippen molar-refractivity contribution in [2.24, 2.45) is 0 Å². The molecular weight excluding hydrogens is 238 g/mol. The molecule has 1 aromatic rings. The van der Waals surface area contributed by atoms with E-state index in [9.17, 15) is 4.79 Å². The normalized spacial score (nSPS) is 18.6. The lowest BCUT2D eigenvalue weighted by molar-refractivity contribution is -0.132. The van der Waals surface area contributed by atoms with Crippen LogP contribution >= 0.6 is 0 Å². The zero-order chi connectivity index (χ0) is 13.7. The number of amides is 1. The Morgan fingerprint density at radius 3 is 2.74 bits per heavy atom. The zero-order valence-corrected chi connectivity index (χ0v) is 11.9. The molecule has 1 aromatic carbocycles. The van der Waals surface area contributed by atoms with E-state index in [4.69, 9.17) is 4.74 Å². The summed E-state index contributed by atoms with van der Waals surface area (Å²) in [6.45, 7) is 3.03. The van der Waals surface area contributed by atoms with Crippen molar-refractivity contribution >= 4 is 5.91 Å². The minimum absolute atomic E-state index is 0.260. The van der Waals surface area contributed by atoms with Gasteiger partial charge in [0.05, 0.1) is 13.2 Å². The molecule has 1 amide bonds. The fourth-order valence-electron chi connectivity index (χ4n) is 2.71. The molecule has 1 heterocycles. The number of hydrogen-bond donors (Lipinski definition) is 0. The third-order valence-electron chi connectivity index (χ3n) is 3.82. The van der Waals surface area contributed by atoms with Crippen molar-refractivity contribution in [2.75, 3.05) is 13.7 Å². The first-order chi connectivity index (χ1) is 9.26. The van der Waals surface area contributed by atoms with Crippen LogP contribution in [-0.4, -0.2) is 24.5 Å². The molecule has 1 aliphatic heterocycles. The van der Waals surface area contributed by atoms with Gasteiger partial charge in [-0.2, -0.15) is 0 Å². The Bertz CT molecular complexity index is 413. The molecule has 0 aliphatic carbocycles. The number of benzene rings is 1. The minimum Gasteiger partial charge on any atom is -0.497 e. The van der Waals surface area contributed by atoms with Gasteiger partial charge in [-0.25, -0.2) is 0 Å². The number of carbonyl (C=O) groups excluding carboxylic acids is 1. The molecule has 3 heteroatoms.